The number of methoxy groups -OCH3 is 1. The summed E-state index contributed by atoms with van der Waals surface area (Å²) in [4.78, 5) is 42.4. The van der Waals surface area contributed by atoms with Crippen LogP contribution in [0.4, 0.5) is 5.69 Å². The first kappa shape index (κ1) is 29.6. The van der Waals surface area contributed by atoms with Crippen molar-refractivity contribution in [2.24, 2.45) is 4.99 Å². The molecule has 1 atom stereocenters. The second-order valence-corrected chi connectivity index (χ2v) is 10.2. The molecule has 41 heavy (non-hydrogen) atoms. The van der Waals surface area contributed by atoms with E-state index >= 15 is 0 Å². The van der Waals surface area contributed by atoms with Crippen molar-refractivity contribution in [1.29, 1.82) is 0 Å². The number of esters is 1. The van der Waals surface area contributed by atoms with Crippen molar-refractivity contribution in [3.05, 3.63) is 87.5 Å². The van der Waals surface area contributed by atoms with Gasteiger partial charge in [0.05, 0.1) is 45.9 Å². The summed E-state index contributed by atoms with van der Waals surface area (Å²) in [5.74, 6) is 2.59. The van der Waals surface area contributed by atoms with Crippen LogP contribution in [0.3, 0.4) is 0 Å². The minimum absolute atomic E-state index is 0.0186. The fourth-order valence-corrected chi connectivity index (χ4v) is 5.76. The average molecular weight is 642 g/mol. The number of hydrogen-bond donors (Lipinski definition) is 0. The van der Waals surface area contributed by atoms with E-state index in [9.17, 15) is 19.7 Å². The van der Waals surface area contributed by atoms with Gasteiger partial charge in [0.2, 0.25) is 5.75 Å². The number of carbonyl (C=O) groups is 1. The number of rotatable bonds is 10. The van der Waals surface area contributed by atoms with Crippen LogP contribution in [-0.4, -0.2) is 42.4 Å². The van der Waals surface area contributed by atoms with Gasteiger partial charge in [-0.3, -0.25) is 19.5 Å². The lowest BCUT2D eigenvalue weighted by atomic mass is 9.97. The minimum atomic E-state index is -0.878. The molecule has 0 bridgehead atoms. The zero-order valence-electron chi connectivity index (χ0n) is 22.2. The lowest BCUT2D eigenvalue weighted by Gasteiger charge is -2.23. The zero-order valence-corrected chi connectivity index (χ0v) is 24.6. The van der Waals surface area contributed by atoms with Crippen LogP contribution in [0.1, 0.15) is 31.0 Å². The molecule has 3 aromatic rings. The number of benzene rings is 2. The van der Waals surface area contributed by atoms with Crippen molar-refractivity contribution in [2.45, 2.75) is 19.9 Å². The third-order valence-electron chi connectivity index (χ3n) is 5.85. The highest BCUT2D eigenvalue weighted by Crippen LogP contribution is 2.37. The van der Waals surface area contributed by atoms with Crippen molar-refractivity contribution in [2.75, 3.05) is 26.9 Å². The molecule has 1 aromatic heterocycles. The number of nitrogens with zero attached hydrogens (tertiary/aromatic N) is 3. The van der Waals surface area contributed by atoms with Gasteiger partial charge in [-0.2, -0.15) is 0 Å². The van der Waals surface area contributed by atoms with Crippen LogP contribution in [0.5, 0.6) is 17.2 Å². The van der Waals surface area contributed by atoms with Gasteiger partial charge in [-0.15, -0.1) is 6.42 Å². The highest BCUT2D eigenvalue weighted by molar-refractivity contribution is 9.10. The Morgan fingerprint density at radius 2 is 1.95 bits per heavy atom. The molecule has 0 spiro atoms. The average Bonchev–Trinajstić information content (AvgIpc) is 3.27. The Balaban J connectivity index is 1.90. The van der Waals surface area contributed by atoms with Crippen molar-refractivity contribution in [3.8, 4) is 29.6 Å². The molecule has 212 valence electrons. The Bertz CT molecular complexity index is 1770. The highest BCUT2D eigenvalue weighted by Gasteiger charge is 2.31. The Morgan fingerprint density at radius 1 is 1.22 bits per heavy atom. The van der Waals surface area contributed by atoms with E-state index in [0.29, 0.717) is 45.1 Å². The standard InChI is InChI=1S/C28H24BrN3O8S/c1-5-10-40-25-19(29)11-16(12-20(25)32(35)36)13-23-26(33)31-24(18(27(34)37-4)15-30-28(31)41-23)17-8-9-21(38-6-2)22(14-17)39-7-3/h1,8-9,11-15,24H,6-7,10H2,2-4H3/b23-13+/t24-/m0/s1. The maximum absolute atomic E-state index is 13.8. The second-order valence-electron chi connectivity index (χ2n) is 8.35. The summed E-state index contributed by atoms with van der Waals surface area (Å²) < 4.78 is 23.7. The van der Waals surface area contributed by atoms with Crippen LogP contribution in [0.2, 0.25) is 0 Å². The molecule has 4 rings (SSSR count). The highest BCUT2D eigenvalue weighted by atomic mass is 79.9. The van der Waals surface area contributed by atoms with Crippen LogP contribution in [-0.2, 0) is 9.53 Å². The normalized spacial score (nSPS) is 14.3. The molecule has 1 aliphatic rings. The molecule has 11 nitrogen and oxygen atoms in total. The Kier molecular flexibility index (Phi) is 9.26. The van der Waals surface area contributed by atoms with Gasteiger partial charge in [-0.25, -0.2) is 9.79 Å². The number of aromatic nitrogens is 1. The summed E-state index contributed by atoms with van der Waals surface area (Å²) in [6, 6.07) is 7.16. The van der Waals surface area contributed by atoms with Crippen molar-refractivity contribution in [1.82, 2.24) is 4.57 Å². The SMILES string of the molecule is C#CCOc1c(Br)cc(/C=c2/sc3n(c2=O)[C@@H](c2ccc(OCC)c(OCC)c2)C(C(=O)OC)=CN=3)cc1[N+](=O)[O-]. The van der Waals surface area contributed by atoms with Gasteiger partial charge >= 0.3 is 11.7 Å². The number of thiazole rings is 1. The van der Waals surface area contributed by atoms with E-state index in [-0.39, 0.29) is 28.1 Å². The van der Waals surface area contributed by atoms with Crippen molar-refractivity contribution in [3.63, 3.8) is 0 Å². The number of nitro groups is 1. The van der Waals surface area contributed by atoms with Gasteiger partial charge in [0.1, 0.15) is 6.61 Å². The number of terminal acetylenes is 1. The van der Waals surface area contributed by atoms with E-state index < -0.39 is 22.5 Å². The summed E-state index contributed by atoms with van der Waals surface area (Å²) in [6.07, 6.45) is 8.11. The number of nitro benzene ring substituents is 1. The van der Waals surface area contributed by atoms with Crippen molar-refractivity contribution < 1.29 is 28.7 Å². The maximum atomic E-state index is 13.8. The van der Waals surface area contributed by atoms with Crippen LogP contribution >= 0.6 is 27.3 Å². The molecule has 2 aromatic carbocycles. The molecule has 0 amide bonds. The molecular weight excluding hydrogens is 618 g/mol. The monoisotopic (exact) mass is 641 g/mol. The molecule has 1 aliphatic heterocycles. The largest absolute Gasteiger partial charge is 0.490 e. The lowest BCUT2D eigenvalue weighted by molar-refractivity contribution is -0.385. The molecule has 0 aliphatic carbocycles. The molecule has 13 heteroatoms. The first-order valence-corrected chi connectivity index (χ1v) is 13.9. The number of carbonyl (C=O) groups excluding carboxylic acids is 1. The summed E-state index contributed by atoms with van der Waals surface area (Å²) in [6.45, 7) is 4.33. The molecule has 0 saturated heterocycles. The van der Waals surface area contributed by atoms with Gasteiger partial charge in [0.15, 0.2) is 16.3 Å². The molecule has 0 saturated carbocycles. The Labute approximate surface area is 246 Å². The predicted molar refractivity (Wildman–Crippen MR) is 155 cm³/mol. The van der Waals surface area contributed by atoms with Gasteiger partial charge in [-0.05, 0) is 65.2 Å². The summed E-state index contributed by atoms with van der Waals surface area (Å²) >= 11 is 4.37. The molecule has 0 radical (unpaired) electrons. The number of fused-ring (bicyclic) bond motifs is 1. The van der Waals surface area contributed by atoms with E-state index in [1.54, 1.807) is 24.3 Å². The fraction of sp³-hybridized carbons (Fsp3) is 0.250. The van der Waals surface area contributed by atoms with E-state index in [2.05, 4.69) is 26.8 Å². The zero-order chi connectivity index (χ0) is 29.7. The molecule has 2 heterocycles. The van der Waals surface area contributed by atoms with E-state index in [4.69, 9.17) is 25.4 Å². The number of ether oxygens (including phenoxy) is 4. The Hall–Kier alpha value is -4.41. The number of halogens is 1. The maximum Gasteiger partial charge on any atom is 0.337 e. The fourth-order valence-electron chi connectivity index (χ4n) is 4.21. The van der Waals surface area contributed by atoms with Gasteiger partial charge in [-0.1, -0.05) is 23.3 Å². The minimum Gasteiger partial charge on any atom is -0.490 e. The van der Waals surface area contributed by atoms with Crippen molar-refractivity contribution >= 4 is 45.0 Å². The third kappa shape index (κ3) is 6.03. The second kappa shape index (κ2) is 12.8. The van der Waals surface area contributed by atoms with Crippen LogP contribution in [0.15, 0.2) is 56.4 Å². The lowest BCUT2D eigenvalue weighted by Crippen LogP contribution is -2.39. The van der Waals surface area contributed by atoms with Gasteiger partial charge in [0, 0.05) is 12.3 Å². The molecular formula is C28H24BrN3O8S. The van der Waals surface area contributed by atoms with E-state index in [0.717, 1.165) is 11.3 Å². The molecule has 0 unspecified atom stereocenters. The molecule has 0 N–H and O–H groups in total. The van der Waals surface area contributed by atoms with E-state index in [1.165, 1.54) is 30.0 Å². The smallest absolute Gasteiger partial charge is 0.337 e. The topological polar surface area (TPSA) is 131 Å². The first-order valence-electron chi connectivity index (χ1n) is 12.3. The first-order chi connectivity index (χ1) is 19.7. The Morgan fingerprint density at radius 3 is 2.61 bits per heavy atom. The number of hydrogen-bond acceptors (Lipinski definition) is 10. The van der Waals surface area contributed by atoms with E-state index in [1.807, 2.05) is 13.8 Å². The van der Waals surface area contributed by atoms with Gasteiger partial charge < -0.3 is 18.9 Å². The quantitative estimate of drug-likeness (QED) is 0.142. The van der Waals surface area contributed by atoms with Crippen LogP contribution in [0.25, 0.3) is 6.08 Å². The van der Waals surface area contributed by atoms with Gasteiger partial charge in [0.25, 0.3) is 5.56 Å². The van der Waals surface area contributed by atoms with Crippen LogP contribution < -0.4 is 29.1 Å². The summed E-state index contributed by atoms with van der Waals surface area (Å²) in [5, 5.41) is 11.7. The third-order valence-corrected chi connectivity index (χ3v) is 7.43. The summed E-state index contributed by atoms with van der Waals surface area (Å²) in [7, 11) is 1.25. The predicted octanol–water partition coefficient (Wildman–Crippen LogP) is 3.50. The molecule has 0 fully saturated rings. The van der Waals surface area contributed by atoms with Crippen LogP contribution in [0, 0.1) is 22.5 Å². The summed E-state index contributed by atoms with van der Waals surface area (Å²) in [5.41, 5.74) is 0.310.